The van der Waals surface area contributed by atoms with Crippen LogP contribution in [0.1, 0.15) is 19.4 Å². The molecular weight excluding hydrogens is 266 g/mol. The summed E-state index contributed by atoms with van der Waals surface area (Å²) >= 11 is 14.8. The molecule has 1 nitrogen and oxygen atoms in total. The van der Waals surface area contributed by atoms with E-state index in [2.05, 4.69) is 19.1 Å². The highest BCUT2D eigenvalue weighted by Gasteiger charge is 1.72. The molecule has 0 aliphatic rings. The molecule has 0 N–H and O–H groups in total. The molecule has 0 saturated heterocycles. The fraction of sp³-hybridized carbons (Fsp3) is 0.250. The lowest BCUT2D eigenvalue weighted by atomic mass is 10.2. The summed E-state index contributed by atoms with van der Waals surface area (Å²) in [7, 11) is 0. The predicted molar refractivity (Wildman–Crippen MR) is 73.2 cm³/mol. The van der Waals surface area contributed by atoms with E-state index in [1.54, 1.807) is 0 Å². The number of benzene rings is 1. The van der Waals surface area contributed by atoms with Crippen LogP contribution >= 0.6 is 34.8 Å². The molecule has 0 aromatic heterocycles. The van der Waals surface area contributed by atoms with Gasteiger partial charge in [-0.2, -0.15) is 0 Å². The fourth-order valence-electron chi connectivity index (χ4n) is 0.534. The van der Waals surface area contributed by atoms with Crippen molar-refractivity contribution in [2.75, 3.05) is 0 Å². The van der Waals surface area contributed by atoms with E-state index in [-0.39, 0.29) is 10.3 Å². The highest BCUT2D eigenvalue weighted by atomic mass is 35.5. The second-order valence-electron chi connectivity index (χ2n) is 2.96. The maximum Gasteiger partial charge on any atom is 0.126 e. The highest BCUT2D eigenvalue weighted by molar-refractivity contribution is 6.58. The van der Waals surface area contributed by atoms with Crippen molar-refractivity contribution in [2.24, 2.45) is 0 Å². The van der Waals surface area contributed by atoms with Crippen LogP contribution in [-0.4, -0.2) is 5.78 Å². The van der Waals surface area contributed by atoms with E-state index in [1.807, 2.05) is 18.2 Å². The molecule has 0 amide bonds. The number of hydrogen-bond donors (Lipinski definition) is 0. The number of Topliss-reactive ketones (excluding diaryl/α,β-unsaturated/α-hetero) is 1. The highest BCUT2D eigenvalue weighted by Crippen LogP contribution is 2.05. The largest absolute Gasteiger partial charge is 0.300 e. The second-order valence-corrected chi connectivity index (χ2v) is 4.19. The van der Waals surface area contributed by atoms with E-state index in [0.717, 1.165) is 5.54 Å². The number of rotatable bonds is 0. The lowest BCUT2D eigenvalue weighted by Crippen LogP contribution is -1.69. The van der Waals surface area contributed by atoms with Gasteiger partial charge in [0.15, 0.2) is 0 Å². The Labute approximate surface area is 112 Å². The molecule has 0 fully saturated rings. The van der Waals surface area contributed by atoms with Gasteiger partial charge in [-0.3, -0.25) is 0 Å². The van der Waals surface area contributed by atoms with Crippen LogP contribution in [0, 0.1) is 6.92 Å². The monoisotopic (exact) mass is 280 g/mol. The third kappa shape index (κ3) is 23.4. The summed E-state index contributed by atoms with van der Waals surface area (Å²) in [4.78, 5) is 9.44. The van der Waals surface area contributed by atoms with Crippen molar-refractivity contribution in [1.82, 2.24) is 0 Å². The fourth-order valence-corrected chi connectivity index (χ4v) is 0.534. The minimum Gasteiger partial charge on any atom is -0.300 e. The van der Waals surface area contributed by atoms with Crippen molar-refractivity contribution in [3.63, 3.8) is 0 Å². The molecule has 4 heteroatoms. The molecule has 1 rings (SSSR count). The van der Waals surface area contributed by atoms with Crippen LogP contribution in [0.15, 0.2) is 40.4 Å². The van der Waals surface area contributed by atoms with Gasteiger partial charge in [0.25, 0.3) is 0 Å². The van der Waals surface area contributed by atoms with E-state index in [9.17, 15) is 4.79 Å². The lowest BCUT2D eigenvalue weighted by molar-refractivity contribution is -0.114. The van der Waals surface area contributed by atoms with Crippen molar-refractivity contribution >= 4 is 40.6 Å². The smallest absolute Gasteiger partial charge is 0.126 e. The standard InChI is InChI=1S/C7H8.C3H6O.C2HCl3/c1-7-5-3-2-4-6-7;1-3(2)4;3-1-2(4)5/h2-6H,1H3;1-2H3;1H. The van der Waals surface area contributed by atoms with Crippen molar-refractivity contribution in [3.05, 3.63) is 45.9 Å². The van der Waals surface area contributed by atoms with Crippen LogP contribution in [0.4, 0.5) is 0 Å². The number of aryl methyl sites for hydroxylation is 1. The molecule has 1 aromatic rings. The first-order valence-electron chi connectivity index (χ1n) is 4.50. The molecular formula is C12H15Cl3O. The van der Waals surface area contributed by atoms with E-state index >= 15 is 0 Å². The summed E-state index contributed by atoms with van der Waals surface area (Å²) < 4.78 is 0.0895. The first-order chi connectivity index (χ1) is 7.40. The molecule has 16 heavy (non-hydrogen) atoms. The van der Waals surface area contributed by atoms with Crippen LogP contribution in [0.25, 0.3) is 0 Å². The van der Waals surface area contributed by atoms with Crippen LogP contribution in [0.2, 0.25) is 0 Å². The van der Waals surface area contributed by atoms with Gasteiger partial charge in [-0.1, -0.05) is 70.7 Å². The van der Waals surface area contributed by atoms with Gasteiger partial charge in [0.2, 0.25) is 0 Å². The molecule has 0 saturated carbocycles. The number of carbonyl (C=O) groups is 1. The molecule has 0 aliphatic heterocycles. The summed E-state index contributed by atoms with van der Waals surface area (Å²) in [6.07, 6.45) is 0. The molecule has 0 heterocycles. The summed E-state index contributed by atoms with van der Waals surface area (Å²) in [6.45, 7) is 5.14. The van der Waals surface area contributed by atoms with E-state index in [1.165, 1.54) is 19.4 Å². The minimum absolute atomic E-state index is 0.0895. The van der Waals surface area contributed by atoms with Crippen molar-refractivity contribution in [3.8, 4) is 0 Å². The molecule has 0 unspecified atom stereocenters. The van der Waals surface area contributed by atoms with Crippen molar-refractivity contribution in [1.29, 1.82) is 0 Å². The van der Waals surface area contributed by atoms with Crippen molar-refractivity contribution < 1.29 is 4.79 Å². The van der Waals surface area contributed by atoms with Gasteiger partial charge in [-0.15, -0.1) is 0 Å². The average Bonchev–Trinajstić information content (AvgIpc) is 2.19. The van der Waals surface area contributed by atoms with Gasteiger partial charge in [0, 0.05) is 5.54 Å². The summed E-state index contributed by atoms with van der Waals surface area (Å²) in [5.41, 5.74) is 2.41. The third-order valence-electron chi connectivity index (χ3n) is 1.02. The Bertz CT molecular complexity index is 299. The van der Waals surface area contributed by atoms with Gasteiger partial charge >= 0.3 is 0 Å². The SMILES string of the molecule is CC(C)=O.Cc1ccccc1.ClC=C(Cl)Cl. The van der Waals surface area contributed by atoms with E-state index in [0.29, 0.717) is 0 Å². The topological polar surface area (TPSA) is 17.1 Å². The zero-order valence-corrected chi connectivity index (χ0v) is 11.8. The lowest BCUT2D eigenvalue weighted by Gasteiger charge is -1.82. The first kappa shape index (κ1) is 17.9. The number of ketones is 1. The first-order valence-corrected chi connectivity index (χ1v) is 5.69. The maximum atomic E-state index is 9.44. The number of hydrogen-bond acceptors (Lipinski definition) is 1. The quantitative estimate of drug-likeness (QED) is 0.647. The van der Waals surface area contributed by atoms with Gasteiger partial charge in [0.05, 0.1) is 0 Å². The summed E-state index contributed by atoms with van der Waals surface area (Å²) in [6, 6.07) is 10.3. The van der Waals surface area contributed by atoms with E-state index < -0.39 is 0 Å². The van der Waals surface area contributed by atoms with E-state index in [4.69, 9.17) is 34.8 Å². The van der Waals surface area contributed by atoms with Crippen LogP contribution < -0.4 is 0 Å². The van der Waals surface area contributed by atoms with Crippen molar-refractivity contribution in [2.45, 2.75) is 20.8 Å². The molecule has 0 radical (unpaired) electrons. The Hall–Kier alpha value is -0.500. The molecule has 1 aromatic carbocycles. The number of halogens is 3. The van der Waals surface area contributed by atoms with Crippen LogP contribution in [0.3, 0.4) is 0 Å². The number of carbonyl (C=O) groups excluding carboxylic acids is 1. The van der Waals surface area contributed by atoms with Crippen LogP contribution in [0.5, 0.6) is 0 Å². The predicted octanol–water partition coefficient (Wildman–Crippen LogP) is 5.09. The Morgan fingerprint density at radius 2 is 1.44 bits per heavy atom. The second kappa shape index (κ2) is 12.6. The molecule has 0 spiro atoms. The molecule has 90 valence electrons. The van der Waals surface area contributed by atoms with Gasteiger partial charge in [-0.05, 0) is 20.8 Å². The van der Waals surface area contributed by atoms with Gasteiger partial charge < -0.3 is 4.79 Å². The minimum atomic E-state index is 0.0895. The normalized spacial score (nSPS) is 7.62. The molecule has 0 atom stereocenters. The summed E-state index contributed by atoms with van der Waals surface area (Å²) in [5.74, 6) is 0.167. The average molecular weight is 282 g/mol. The molecule has 0 aliphatic carbocycles. The Morgan fingerprint density at radius 3 is 1.56 bits per heavy atom. The van der Waals surface area contributed by atoms with Gasteiger partial charge in [0.1, 0.15) is 10.3 Å². The Morgan fingerprint density at radius 1 is 1.12 bits per heavy atom. The third-order valence-corrected chi connectivity index (χ3v) is 1.68. The van der Waals surface area contributed by atoms with Gasteiger partial charge in [-0.25, -0.2) is 0 Å². The zero-order chi connectivity index (χ0) is 13.0. The van der Waals surface area contributed by atoms with Crippen LogP contribution in [-0.2, 0) is 4.79 Å². The maximum absolute atomic E-state index is 9.44. The Kier molecular flexibility index (Phi) is 14.0. The molecule has 0 bridgehead atoms. The summed E-state index contributed by atoms with van der Waals surface area (Å²) in [5, 5.41) is 0. The zero-order valence-electron chi connectivity index (χ0n) is 9.51. The Balaban J connectivity index is 0.